The third kappa shape index (κ3) is 6.40. The molecular weight excluding hydrogens is 340 g/mol. The summed E-state index contributed by atoms with van der Waals surface area (Å²) in [5.41, 5.74) is 1.79. The highest BCUT2D eigenvalue weighted by Crippen LogP contribution is 2.21. The fourth-order valence-corrected chi connectivity index (χ4v) is 3.18. The van der Waals surface area contributed by atoms with Crippen LogP contribution in [-0.4, -0.2) is 36.7 Å². The van der Waals surface area contributed by atoms with Crippen LogP contribution >= 0.6 is 0 Å². The molecule has 1 fully saturated rings. The SMILES string of the molecule is CCNC(=NCc1coc(-c2ccccc2)n1)NCCCOC1CCCC1. The Morgan fingerprint density at radius 2 is 2.04 bits per heavy atom. The maximum atomic E-state index is 5.90. The van der Waals surface area contributed by atoms with Gasteiger partial charge >= 0.3 is 0 Å². The zero-order chi connectivity index (χ0) is 18.7. The number of hydrogen-bond donors (Lipinski definition) is 2. The van der Waals surface area contributed by atoms with Gasteiger partial charge in [0.2, 0.25) is 5.89 Å². The van der Waals surface area contributed by atoms with Crippen LogP contribution in [0.15, 0.2) is 46.0 Å². The summed E-state index contributed by atoms with van der Waals surface area (Å²) in [5, 5.41) is 6.62. The number of ether oxygens (including phenoxy) is 1. The highest BCUT2D eigenvalue weighted by Gasteiger charge is 2.14. The largest absolute Gasteiger partial charge is 0.444 e. The Labute approximate surface area is 161 Å². The van der Waals surface area contributed by atoms with Crippen molar-refractivity contribution < 1.29 is 9.15 Å². The number of rotatable bonds is 9. The molecule has 2 aromatic rings. The average molecular weight is 370 g/mol. The lowest BCUT2D eigenvalue weighted by Crippen LogP contribution is -2.38. The van der Waals surface area contributed by atoms with E-state index in [0.29, 0.717) is 18.5 Å². The Kier molecular flexibility index (Phi) is 7.71. The van der Waals surface area contributed by atoms with Gasteiger partial charge in [-0.25, -0.2) is 9.98 Å². The molecule has 2 N–H and O–H groups in total. The lowest BCUT2D eigenvalue weighted by Gasteiger charge is -2.13. The molecule has 1 saturated carbocycles. The second-order valence-corrected chi connectivity index (χ2v) is 6.76. The second kappa shape index (κ2) is 10.7. The lowest BCUT2D eigenvalue weighted by molar-refractivity contribution is 0.0574. The molecule has 27 heavy (non-hydrogen) atoms. The van der Waals surface area contributed by atoms with Gasteiger partial charge in [-0.15, -0.1) is 0 Å². The lowest BCUT2D eigenvalue weighted by atomic mass is 10.2. The normalized spacial score (nSPS) is 15.2. The number of hydrogen-bond acceptors (Lipinski definition) is 4. The quantitative estimate of drug-likeness (QED) is 0.400. The number of guanidine groups is 1. The molecule has 0 radical (unpaired) electrons. The minimum absolute atomic E-state index is 0.476. The van der Waals surface area contributed by atoms with Crippen LogP contribution in [0.2, 0.25) is 0 Å². The first-order valence-electron chi connectivity index (χ1n) is 9.98. The summed E-state index contributed by atoms with van der Waals surface area (Å²) in [7, 11) is 0. The van der Waals surface area contributed by atoms with E-state index in [0.717, 1.165) is 43.3 Å². The Morgan fingerprint density at radius 1 is 1.22 bits per heavy atom. The number of nitrogens with zero attached hydrogens (tertiary/aromatic N) is 2. The van der Waals surface area contributed by atoms with E-state index in [1.165, 1.54) is 25.7 Å². The minimum atomic E-state index is 0.476. The Balaban J connectivity index is 1.43. The standard InChI is InChI=1S/C21H30N4O2/c1-2-22-21(23-13-8-14-26-19-11-6-7-12-19)24-15-18-16-27-20(25-18)17-9-4-3-5-10-17/h3-5,9-10,16,19H,2,6-8,11-15H2,1H3,(H2,22,23,24). The highest BCUT2D eigenvalue weighted by molar-refractivity contribution is 5.79. The van der Waals surface area contributed by atoms with E-state index in [1.54, 1.807) is 6.26 Å². The van der Waals surface area contributed by atoms with Crippen molar-refractivity contribution in [3.63, 3.8) is 0 Å². The summed E-state index contributed by atoms with van der Waals surface area (Å²) in [6.07, 6.45) is 8.20. The summed E-state index contributed by atoms with van der Waals surface area (Å²) in [6.45, 7) is 5.00. The van der Waals surface area contributed by atoms with E-state index in [2.05, 4.69) is 27.5 Å². The molecule has 0 spiro atoms. The van der Waals surface area contributed by atoms with Gasteiger partial charge < -0.3 is 19.8 Å². The first-order chi connectivity index (χ1) is 13.3. The van der Waals surface area contributed by atoms with E-state index in [4.69, 9.17) is 9.15 Å². The fraction of sp³-hybridized carbons (Fsp3) is 0.524. The van der Waals surface area contributed by atoms with Gasteiger partial charge in [0.05, 0.1) is 12.6 Å². The molecule has 3 rings (SSSR count). The summed E-state index contributed by atoms with van der Waals surface area (Å²) in [6, 6.07) is 9.89. The van der Waals surface area contributed by atoms with Crippen LogP contribution in [0.3, 0.4) is 0 Å². The van der Waals surface area contributed by atoms with Gasteiger partial charge in [0.1, 0.15) is 12.0 Å². The number of aromatic nitrogens is 1. The Morgan fingerprint density at radius 3 is 2.81 bits per heavy atom. The molecule has 0 bridgehead atoms. The molecule has 146 valence electrons. The number of benzene rings is 1. The van der Waals surface area contributed by atoms with E-state index in [1.807, 2.05) is 30.3 Å². The third-order valence-electron chi connectivity index (χ3n) is 4.59. The molecule has 6 nitrogen and oxygen atoms in total. The average Bonchev–Trinajstić information content (AvgIpc) is 3.38. The van der Waals surface area contributed by atoms with E-state index >= 15 is 0 Å². The van der Waals surface area contributed by atoms with Crippen LogP contribution < -0.4 is 10.6 Å². The molecule has 0 unspecified atom stereocenters. The van der Waals surface area contributed by atoms with Gasteiger partial charge in [-0.2, -0.15) is 0 Å². The van der Waals surface area contributed by atoms with Gasteiger partial charge in [0.25, 0.3) is 0 Å². The maximum Gasteiger partial charge on any atom is 0.226 e. The van der Waals surface area contributed by atoms with Crippen molar-refractivity contribution in [2.75, 3.05) is 19.7 Å². The van der Waals surface area contributed by atoms with Crippen LogP contribution in [0.5, 0.6) is 0 Å². The fourth-order valence-electron chi connectivity index (χ4n) is 3.18. The van der Waals surface area contributed by atoms with E-state index in [9.17, 15) is 0 Å². The minimum Gasteiger partial charge on any atom is -0.444 e. The molecular formula is C21H30N4O2. The van der Waals surface area contributed by atoms with Crippen molar-refractivity contribution >= 4 is 5.96 Å². The van der Waals surface area contributed by atoms with Gasteiger partial charge in [0, 0.05) is 25.3 Å². The molecule has 1 aliphatic carbocycles. The number of aliphatic imine (C=N–C) groups is 1. The van der Waals surface area contributed by atoms with Crippen LogP contribution in [0.1, 0.15) is 44.7 Å². The summed E-state index contributed by atoms with van der Waals surface area (Å²) >= 11 is 0. The van der Waals surface area contributed by atoms with Crippen LogP contribution in [0.4, 0.5) is 0 Å². The Bertz CT molecular complexity index is 693. The zero-order valence-corrected chi connectivity index (χ0v) is 16.1. The van der Waals surface area contributed by atoms with Crippen LogP contribution in [0.25, 0.3) is 11.5 Å². The van der Waals surface area contributed by atoms with Crippen molar-refractivity contribution in [1.29, 1.82) is 0 Å². The topological polar surface area (TPSA) is 71.7 Å². The first kappa shape index (κ1) is 19.4. The molecule has 0 amide bonds. The summed E-state index contributed by atoms with van der Waals surface area (Å²) < 4.78 is 11.5. The maximum absolute atomic E-state index is 5.90. The van der Waals surface area contributed by atoms with Gasteiger partial charge in [-0.1, -0.05) is 31.0 Å². The second-order valence-electron chi connectivity index (χ2n) is 6.76. The van der Waals surface area contributed by atoms with Crippen molar-refractivity contribution in [3.05, 3.63) is 42.3 Å². The van der Waals surface area contributed by atoms with E-state index in [-0.39, 0.29) is 0 Å². The molecule has 1 aromatic heterocycles. The van der Waals surface area contributed by atoms with Crippen molar-refractivity contribution in [3.8, 4) is 11.5 Å². The molecule has 0 atom stereocenters. The highest BCUT2D eigenvalue weighted by atomic mass is 16.5. The molecule has 6 heteroatoms. The monoisotopic (exact) mass is 370 g/mol. The van der Waals surface area contributed by atoms with E-state index < -0.39 is 0 Å². The predicted octanol–water partition coefficient (Wildman–Crippen LogP) is 3.75. The number of nitrogens with one attached hydrogen (secondary N) is 2. The predicted molar refractivity (Wildman–Crippen MR) is 108 cm³/mol. The summed E-state index contributed by atoms with van der Waals surface area (Å²) in [4.78, 5) is 9.11. The van der Waals surface area contributed by atoms with Gasteiger partial charge in [-0.05, 0) is 38.3 Å². The van der Waals surface area contributed by atoms with Crippen molar-refractivity contribution in [2.45, 2.75) is 51.7 Å². The zero-order valence-electron chi connectivity index (χ0n) is 16.1. The number of oxazole rings is 1. The molecule has 0 saturated heterocycles. The van der Waals surface area contributed by atoms with Gasteiger partial charge in [-0.3, -0.25) is 0 Å². The van der Waals surface area contributed by atoms with Crippen molar-refractivity contribution in [1.82, 2.24) is 15.6 Å². The smallest absolute Gasteiger partial charge is 0.226 e. The summed E-state index contributed by atoms with van der Waals surface area (Å²) in [5.74, 6) is 1.42. The van der Waals surface area contributed by atoms with Crippen LogP contribution in [0, 0.1) is 0 Å². The molecule has 1 aliphatic rings. The molecule has 1 heterocycles. The Hall–Kier alpha value is -2.34. The third-order valence-corrected chi connectivity index (χ3v) is 4.59. The first-order valence-corrected chi connectivity index (χ1v) is 9.98. The molecule has 1 aromatic carbocycles. The molecule has 0 aliphatic heterocycles. The van der Waals surface area contributed by atoms with Gasteiger partial charge in [0.15, 0.2) is 5.96 Å². The van der Waals surface area contributed by atoms with Crippen molar-refractivity contribution in [2.24, 2.45) is 4.99 Å². The van der Waals surface area contributed by atoms with Crippen LogP contribution in [-0.2, 0) is 11.3 Å².